The van der Waals surface area contributed by atoms with Gasteiger partial charge < -0.3 is 5.73 Å². The van der Waals surface area contributed by atoms with Gasteiger partial charge in [0.05, 0.1) is 17.5 Å². The van der Waals surface area contributed by atoms with E-state index in [2.05, 4.69) is 0 Å². The van der Waals surface area contributed by atoms with Crippen molar-refractivity contribution in [1.82, 2.24) is 4.72 Å². The van der Waals surface area contributed by atoms with E-state index in [9.17, 15) is 21.6 Å². The number of hydrogen-bond donors (Lipinski definition) is 2. The second-order valence-electron chi connectivity index (χ2n) is 3.39. The summed E-state index contributed by atoms with van der Waals surface area (Å²) in [7, 11) is -6.86. The molecule has 0 aliphatic carbocycles. The zero-order valence-electron chi connectivity index (χ0n) is 9.13. The van der Waals surface area contributed by atoms with Crippen molar-refractivity contribution < 1.29 is 21.6 Å². The number of hydrogen-bond acceptors (Lipinski definition) is 6. The molecule has 0 aromatic heterocycles. The minimum atomic E-state index is -3.65. The van der Waals surface area contributed by atoms with Crippen LogP contribution in [0.3, 0.4) is 0 Å². The lowest BCUT2D eigenvalue weighted by atomic mass is 10.2. The van der Waals surface area contributed by atoms with Gasteiger partial charge in [0.1, 0.15) is 9.84 Å². The first-order valence-corrected chi connectivity index (χ1v) is 8.26. The summed E-state index contributed by atoms with van der Waals surface area (Å²) in [4.78, 5) is 11.2. The molecular formula is C7H16N2O5S2. The average molecular weight is 272 g/mol. The summed E-state index contributed by atoms with van der Waals surface area (Å²) in [5.41, 5.74) is 5.35. The number of rotatable bonds is 6. The van der Waals surface area contributed by atoms with Gasteiger partial charge in [0.25, 0.3) is 0 Å². The smallest absolute Gasteiger partial charge is 0.250 e. The lowest BCUT2D eigenvalue weighted by Crippen LogP contribution is -2.44. The summed E-state index contributed by atoms with van der Waals surface area (Å²) < 4.78 is 45.4. The topological polar surface area (TPSA) is 123 Å². The normalized spacial score (nSPS) is 14.4. The van der Waals surface area contributed by atoms with Crippen LogP contribution in [0.2, 0.25) is 0 Å². The van der Waals surface area contributed by atoms with Crippen LogP contribution >= 0.6 is 0 Å². The largest absolute Gasteiger partial charge is 0.320 e. The molecule has 1 atom stereocenters. The molecule has 0 radical (unpaired) electrons. The Labute approximate surface area is 95.4 Å². The molecule has 96 valence electrons. The molecule has 0 aliphatic heterocycles. The first-order chi connectivity index (χ1) is 7.07. The lowest BCUT2D eigenvalue weighted by Gasteiger charge is -2.10. The van der Waals surface area contributed by atoms with Crippen molar-refractivity contribution >= 4 is 25.8 Å². The Kier molecular flexibility index (Phi) is 5.36. The molecule has 16 heavy (non-hydrogen) atoms. The monoisotopic (exact) mass is 272 g/mol. The van der Waals surface area contributed by atoms with Gasteiger partial charge in [-0.3, -0.25) is 9.52 Å². The minimum Gasteiger partial charge on any atom is -0.320 e. The highest BCUT2D eigenvalue weighted by Gasteiger charge is 2.20. The van der Waals surface area contributed by atoms with Gasteiger partial charge in [-0.05, 0) is 13.3 Å². The van der Waals surface area contributed by atoms with Crippen LogP contribution in [-0.2, 0) is 24.7 Å². The minimum absolute atomic E-state index is 0.107. The Balaban J connectivity index is 4.32. The fourth-order valence-electron chi connectivity index (χ4n) is 0.773. The van der Waals surface area contributed by atoms with Gasteiger partial charge in [0.2, 0.25) is 15.9 Å². The summed E-state index contributed by atoms with van der Waals surface area (Å²) in [5, 5.41) is 0. The first kappa shape index (κ1) is 15.3. The summed E-state index contributed by atoms with van der Waals surface area (Å²) >= 11 is 0. The first-order valence-electron chi connectivity index (χ1n) is 4.55. The fourth-order valence-corrected chi connectivity index (χ4v) is 2.06. The van der Waals surface area contributed by atoms with Crippen LogP contribution in [0.1, 0.15) is 13.3 Å². The third-order valence-corrected chi connectivity index (χ3v) is 4.02. The van der Waals surface area contributed by atoms with Crippen molar-refractivity contribution in [2.24, 2.45) is 5.73 Å². The molecule has 0 rings (SSSR count). The van der Waals surface area contributed by atoms with E-state index >= 15 is 0 Å². The zero-order valence-corrected chi connectivity index (χ0v) is 10.8. The Morgan fingerprint density at radius 1 is 1.31 bits per heavy atom. The van der Waals surface area contributed by atoms with Crippen LogP contribution in [0, 0.1) is 0 Å². The summed E-state index contributed by atoms with van der Waals surface area (Å²) in [6, 6.07) is -1.14. The predicted octanol–water partition coefficient (Wildman–Crippen LogP) is -1.79. The van der Waals surface area contributed by atoms with E-state index in [-0.39, 0.29) is 17.9 Å². The molecule has 3 N–H and O–H groups in total. The van der Waals surface area contributed by atoms with Crippen LogP contribution in [0.15, 0.2) is 0 Å². The van der Waals surface area contributed by atoms with E-state index in [0.717, 1.165) is 6.26 Å². The Morgan fingerprint density at radius 3 is 2.19 bits per heavy atom. The molecule has 0 aromatic rings. The zero-order chi connectivity index (χ0) is 13.0. The van der Waals surface area contributed by atoms with E-state index < -0.39 is 31.8 Å². The van der Waals surface area contributed by atoms with Gasteiger partial charge in [-0.25, -0.2) is 16.8 Å². The van der Waals surface area contributed by atoms with Crippen molar-refractivity contribution in [2.75, 3.05) is 17.8 Å². The molecule has 0 bridgehead atoms. The highest BCUT2D eigenvalue weighted by atomic mass is 32.2. The molecular weight excluding hydrogens is 256 g/mol. The van der Waals surface area contributed by atoms with Crippen molar-refractivity contribution in [3.63, 3.8) is 0 Å². The quantitative estimate of drug-likeness (QED) is 0.589. The maximum Gasteiger partial charge on any atom is 0.250 e. The third kappa shape index (κ3) is 6.75. The molecule has 0 aliphatic rings. The van der Waals surface area contributed by atoms with E-state index in [1.807, 2.05) is 0 Å². The maximum absolute atomic E-state index is 11.2. The van der Waals surface area contributed by atoms with Crippen LogP contribution in [0.4, 0.5) is 0 Å². The molecule has 0 aromatic carbocycles. The van der Waals surface area contributed by atoms with Gasteiger partial charge in [0, 0.05) is 6.26 Å². The fraction of sp³-hybridized carbons (Fsp3) is 0.857. The average Bonchev–Trinajstić information content (AvgIpc) is 2.12. The summed E-state index contributed by atoms with van der Waals surface area (Å²) in [5.74, 6) is -1.38. The van der Waals surface area contributed by atoms with Gasteiger partial charge in [-0.1, -0.05) is 0 Å². The molecule has 1 unspecified atom stereocenters. The van der Waals surface area contributed by atoms with Gasteiger partial charge in [-0.2, -0.15) is 0 Å². The highest BCUT2D eigenvalue weighted by molar-refractivity contribution is 7.90. The van der Waals surface area contributed by atoms with Crippen molar-refractivity contribution in [3.05, 3.63) is 0 Å². The van der Waals surface area contributed by atoms with Crippen LogP contribution in [0.25, 0.3) is 0 Å². The Hall–Kier alpha value is -0.670. The molecule has 7 nitrogen and oxygen atoms in total. The third-order valence-electron chi connectivity index (χ3n) is 1.77. The molecule has 9 heteroatoms. The number of sulfone groups is 1. The summed E-state index contributed by atoms with van der Waals surface area (Å²) in [6.45, 7) is 1.37. The highest BCUT2D eigenvalue weighted by Crippen LogP contribution is 1.95. The number of amides is 1. The van der Waals surface area contributed by atoms with Crippen molar-refractivity contribution in [1.29, 1.82) is 0 Å². The second-order valence-corrected chi connectivity index (χ2v) is 7.67. The van der Waals surface area contributed by atoms with Gasteiger partial charge >= 0.3 is 0 Å². The lowest BCUT2D eigenvalue weighted by molar-refractivity contribution is -0.120. The van der Waals surface area contributed by atoms with Gasteiger partial charge in [-0.15, -0.1) is 0 Å². The number of carbonyl (C=O) groups is 1. The van der Waals surface area contributed by atoms with Crippen molar-refractivity contribution in [2.45, 2.75) is 19.4 Å². The van der Waals surface area contributed by atoms with E-state index in [4.69, 9.17) is 5.73 Å². The van der Waals surface area contributed by atoms with Crippen molar-refractivity contribution in [3.8, 4) is 0 Å². The number of nitrogens with one attached hydrogen (secondary N) is 1. The molecule has 0 saturated carbocycles. The van der Waals surface area contributed by atoms with Gasteiger partial charge in [0.15, 0.2) is 0 Å². The van der Waals surface area contributed by atoms with Crippen LogP contribution in [0.5, 0.6) is 0 Å². The number of sulfonamides is 1. The molecule has 0 heterocycles. The molecule has 0 saturated heterocycles. The van der Waals surface area contributed by atoms with E-state index in [1.54, 1.807) is 4.72 Å². The standard InChI is InChI=1S/C7H16N2O5S2/c1-3-16(13,14)9-7(10)6(8)4-5-15(2,11)12/h6H,3-5,8H2,1-2H3,(H,9,10). The van der Waals surface area contributed by atoms with E-state index in [0.29, 0.717) is 0 Å². The second kappa shape index (κ2) is 5.60. The number of carbonyl (C=O) groups excluding carboxylic acids is 1. The Morgan fingerprint density at radius 2 is 1.81 bits per heavy atom. The Bertz CT molecular complexity index is 439. The SMILES string of the molecule is CCS(=O)(=O)NC(=O)C(N)CCS(C)(=O)=O. The molecule has 0 spiro atoms. The molecule has 1 amide bonds. The maximum atomic E-state index is 11.2. The van der Waals surface area contributed by atoms with Crippen LogP contribution in [-0.4, -0.2) is 46.5 Å². The van der Waals surface area contributed by atoms with Crippen LogP contribution < -0.4 is 10.5 Å². The predicted molar refractivity (Wildman–Crippen MR) is 59.9 cm³/mol. The summed E-state index contributed by atoms with van der Waals surface area (Å²) in [6.07, 6.45) is 0.907. The van der Waals surface area contributed by atoms with E-state index in [1.165, 1.54) is 6.92 Å². The number of nitrogens with two attached hydrogens (primary N) is 1. The molecule has 0 fully saturated rings.